The fourth-order valence-electron chi connectivity index (χ4n) is 1.05. The number of rotatable bonds is 4. The summed E-state index contributed by atoms with van der Waals surface area (Å²) in [6, 6.07) is 5.97. The molecule has 0 atom stereocenters. The number of nitriles is 1. The molecule has 1 rings (SSSR count). The lowest BCUT2D eigenvalue weighted by Crippen LogP contribution is -2.17. The van der Waals surface area contributed by atoms with Crippen molar-refractivity contribution >= 4 is 25.9 Å². The van der Waals surface area contributed by atoms with Crippen LogP contribution in [0.4, 0.5) is 9.57 Å². The average molecular weight is 278 g/mol. The number of anilines is 1. The molecule has 9 heteroatoms. The van der Waals surface area contributed by atoms with E-state index in [0.29, 0.717) is 0 Å². The molecule has 0 aromatic heterocycles. The van der Waals surface area contributed by atoms with Gasteiger partial charge in [0.2, 0.25) is 10.0 Å². The van der Waals surface area contributed by atoms with E-state index in [1.807, 2.05) is 4.72 Å². The van der Waals surface area contributed by atoms with Crippen LogP contribution in [-0.4, -0.2) is 22.6 Å². The number of hydrogen-bond donors (Lipinski definition) is 1. The van der Waals surface area contributed by atoms with Gasteiger partial charge in [-0.3, -0.25) is 4.72 Å². The van der Waals surface area contributed by atoms with Crippen molar-refractivity contribution in [3.63, 3.8) is 0 Å². The van der Waals surface area contributed by atoms with Gasteiger partial charge in [0.05, 0.1) is 11.8 Å². The molecule has 0 aliphatic rings. The average Bonchev–Trinajstić information content (AvgIpc) is 2.15. The summed E-state index contributed by atoms with van der Waals surface area (Å²) >= 11 is 0. The van der Waals surface area contributed by atoms with Crippen molar-refractivity contribution in [1.29, 1.82) is 5.26 Å². The van der Waals surface area contributed by atoms with Gasteiger partial charge < -0.3 is 0 Å². The number of sulfonamides is 1. The molecule has 1 aromatic rings. The van der Waals surface area contributed by atoms with E-state index in [-0.39, 0.29) is 0 Å². The molecule has 0 bridgehead atoms. The Kier molecular flexibility index (Phi) is 3.69. The second-order valence-corrected chi connectivity index (χ2v) is 5.99. The molecule has 0 saturated carbocycles. The molecular weight excluding hydrogens is 271 g/mol. The van der Waals surface area contributed by atoms with Gasteiger partial charge in [0, 0.05) is 0 Å². The summed E-state index contributed by atoms with van der Waals surface area (Å²) in [5.74, 6) is -0.854. The van der Waals surface area contributed by atoms with Gasteiger partial charge in [0.15, 0.2) is 5.75 Å². The molecule has 0 aliphatic heterocycles. The Morgan fingerprint density at radius 1 is 1.24 bits per heavy atom. The van der Waals surface area contributed by atoms with E-state index in [0.717, 1.165) is 12.1 Å². The Morgan fingerprint density at radius 3 is 2.35 bits per heavy atom. The third kappa shape index (κ3) is 3.69. The van der Waals surface area contributed by atoms with Crippen LogP contribution in [-0.2, 0) is 20.2 Å². The standard InChI is InChI=1S/C8H7FN2O4S2/c9-17(14,15)8-4-2-1-3-7(8)11-16(12,13)6-5-10/h1-4,11H,6H2. The second kappa shape index (κ2) is 4.68. The largest absolute Gasteiger partial charge is 0.334 e. The Labute approximate surface area is 98.0 Å². The highest BCUT2D eigenvalue weighted by molar-refractivity contribution is 7.93. The Morgan fingerprint density at radius 2 is 1.82 bits per heavy atom. The maximum absolute atomic E-state index is 12.8. The third-order valence-electron chi connectivity index (χ3n) is 1.67. The zero-order chi connectivity index (χ0) is 13.1. The van der Waals surface area contributed by atoms with Crippen LogP contribution in [0.25, 0.3) is 0 Å². The fraction of sp³-hybridized carbons (Fsp3) is 0.125. The lowest BCUT2D eigenvalue weighted by atomic mass is 10.3. The Balaban J connectivity index is 3.23. The second-order valence-electron chi connectivity index (χ2n) is 2.95. The summed E-state index contributed by atoms with van der Waals surface area (Å²) in [4.78, 5) is -0.790. The molecule has 0 saturated heterocycles. The van der Waals surface area contributed by atoms with Gasteiger partial charge in [-0.05, 0) is 12.1 Å². The van der Waals surface area contributed by atoms with E-state index in [1.54, 1.807) is 0 Å². The third-order valence-corrected chi connectivity index (χ3v) is 3.59. The molecule has 6 nitrogen and oxygen atoms in total. The van der Waals surface area contributed by atoms with Crippen LogP contribution in [0.1, 0.15) is 0 Å². The van der Waals surface area contributed by atoms with E-state index < -0.39 is 36.6 Å². The van der Waals surface area contributed by atoms with Gasteiger partial charge in [-0.15, -0.1) is 3.89 Å². The van der Waals surface area contributed by atoms with E-state index in [1.165, 1.54) is 18.2 Å². The monoisotopic (exact) mass is 278 g/mol. The number of para-hydroxylation sites is 1. The minimum atomic E-state index is -5.03. The predicted octanol–water partition coefficient (Wildman–Crippen LogP) is 0.610. The van der Waals surface area contributed by atoms with Crippen molar-refractivity contribution in [1.82, 2.24) is 0 Å². The number of nitrogens with one attached hydrogen (secondary N) is 1. The first-order chi connectivity index (χ1) is 7.76. The van der Waals surface area contributed by atoms with E-state index in [9.17, 15) is 20.7 Å². The Bertz CT molecular complexity index is 661. The van der Waals surface area contributed by atoms with Crippen molar-refractivity contribution in [3.05, 3.63) is 24.3 Å². The van der Waals surface area contributed by atoms with Gasteiger partial charge in [-0.1, -0.05) is 12.1 Å². The zero-order valence-electron chi connectivity index (χ0n) is 8.29. The van der Waals surface area contributed by atoms with Gasteiger partial charge in [-0.25, -0.2) is 8.42 Å². The van der Waals surface area contributed by atoms with Crippen LogP contribution in [0, 0.1) is 11.3 Å². The quantitative estimate of drug-likeness (QED) is 0.812. The normalized spacial score (nSPS) is 11.8. The van der Waals surface area contributed by atoms with Crippen LogP contribution in [0.15, 0.2) is 29.2 Å². The van der Waals surface area contributed by atoms with Crippen LogP contribution in [0.5, 0.6) is 0 Å². The summed E-state index contributed by atoms with van der Waals surface area (Å²) in [6.07, 6.45) is 0. The molecule has 0 spiro atoms. The van der Waals surface area contributed by atoms with Gasteiger partial charge in [0.1, 0.15) is 4.90 Å². The highest BCUT2D eigenvalue weighted by atomic mass is 32.3. The number of nitrogens with zero attached hydrogens (tertiary/aromatic N) is 1. The number of halogens is 1. The molecule has 0 heterocycles. The van der Waals surface area contributed by atoms with Crippen LogP contribution in [0.2, 0.25) is 0 Å². The minimum Gasteiger partial charge on any atom is -0.281 e. The summed E-state index contributed by atoms with van der Waals surface area (Å²) in [5.41, 5.74) is -0.426. The summed E-state index contributed by atoms with van der Waals surface area (Å²) in [6.45, 7) is 0. The maximum atomic E-state index is 12.8. The first-order valence-corrected chi connectivity index (χ1v) is 7.21. The topological polar surface area (TPSA) is 104 Å². The molecule has 0 unspecified atom stereocenters. The molecule has 0 amide bonds. The summed E-state index contributed by atoms with van der Waals surface area (Å²) in [7, 11) is -9.04. The van der Waals surface area contributed by atoms with Crippen LogP contribution >= 0.6 is 0 Å². The lowest BCUT2D eigenvalue weighted by Gasteiger charge is -2.07. The maximum Gasteiger partial charge on any atom is 0.334 e. The SMILES string of the molecule is N#CCS(=O)(=O)Nc1ccccc1S(=O)(=O)F. The fourth-order valence-corrected chi connectivity index (χ4v) is 2.49. The smallest absolute Gasteiger partial charge is 0.281 e. The lowest BCUT2D eigenvalue weighted by molar-refractivity contribution is 0.552. The molecule has 0 radical (unpaired) electrons. The van der Waals surface area contributed by atoms with Crippen molar-refractivity contribution in [3.8, 4) is 6.07 Å². The first kappa shape index (κ1) is 13.4. The van der Waals surface area contributed by atoms with Crippen molar-refractivity contribution in [2.75, 3.05) is 10.5 Å². The first-order valence-electron chi connectivity index (χ1n) is 4.17. The van der Waals surface area contributed by atoms with Gasteiger partial charge in [0.25, 0.3) is 0 Å². The predicted molar refractivity (Wildman–Crippen MR) is 57.8 cm³/mol. The molecule has 17 heavy (non-hydrogen) atoms. The highest BCUT2D eigenvalue weighted by Gasteiger charge is 2.20. The minimum absolute atomic E-state index is 0.426. The molecule has 92 valence electrons. The zero-order valence-corrected chi connectivity index (χ0v) is 9.92. The molecular formula is C8H7FN2O4S2. The molecule has 1 N–H and O–H groups in total. The van der Waals surface area contributed by atoms with Gasteiger partial charge >= 0.3 is 10.2 Å². The van der Waals surface area contributed by atoms with E-state index in [4.69, 9.17) is 5.26 Å². The summed E-state index contributed by atoms with van der Waals surface area (Å²) < 4.78 is 58.6. The Hall–Kier alpha value is -1.66. The number of benzene rings is 1. The molecule has 0 aliphatic carbocycles. The van der Waals surface area contributed by atoms with Gasteiger partial charge in [-0.2, -0.15) is 13.7 Å². The van der Waals surface area contributed by atoms with Crippen LogP contribution < -0.4 is 4.72 Å². The van der Waals surface area contributed by atoms with Crippen LogP contribution in [0.3, 0.4) is 0 Å². The van der Waals surface area contributed by atoms with Crippen molar-refractivity contribution in [2.45, 2.75) is 4.90 Å². The molecule has 1 aromatic carbocycles. The van der Waals surface area contributed by atoms with Crippen molar-refractivity contribution in [2.24, 2.45) is 0 Å². The highest BCUT2D eigenvalue weighted by Crippen LogP contribution is 2.23. The summed E-state index contributed by atoms with van der Waals surface area (Å²) in [5, 5.41) is 8.25. The van der Waals surface area contributed by atoms with Crippen molar-refractivity contribution < 1.29 is 20.7 Å². The van der Waals surface area contributed by atoms with E-state index in [2.05, 4.69) is 0 Å². The molecule has 0 fully saturated rings. The van der Waals surface area contributed by atoms with E-state index >= 15 is 0 Å². The number of hydrogen-bond acceptors (Lipinski definition) is 5.